The highest BCUT2D eigenvalue weighted by Crippen LogP contribution is 2.46. The molecule has 1 aliphatic heterocycles. The Bertz CT molecular complexity index is 401. The van der Waals surface area contributed by atoms with Gasteiger partial charge in [0, 0.05) is 6.42 Å². The molecular weight excluding hydrogens is 225 g/mol. The van der Waals surface area contributed by atoms with Crippen LogP contribution in [0.4, 0.5) is 13.2 Å². The number of phenolic OH excluding ortho intramolecular Hbond substituents is 1. The fraction of sp³-hybridized carbons (Fsp3) is 0.400. The molecule has 1 aromatic carbocycles. The summed E-state index contributed by atoms with van der Waals surface area (Å²) in [7, 11) is 0. The second kappa shape index (κ2) is 3.77. The van der Waals surface area contributed by atoms with Crippen LogP contribution in [0.25, 0.3) is 0 Å². The van der Waals surface area contributed by atoms with Gasteiger partial charge in [-0.25, -0.2) is 0 Å². The molecule has 0 aromatic heterocycles. The molecule has 0 unspecified atom stereocenters. The predicted octanol–water partition coefficient (Wildman–Crippen LogP) is 2.57. The molecule has 0 fully saturated rings. The summed E-state index contributed by atoms with van der Waals surface area (Å²) in [6.45, 7) is 0.363. The van der Waals surface area contributed by atoms with Gasteiger partial charge in [-0.3, -0.25) is 0 Å². The maximum Gasteiger partial charge on any atom is 0.420 e. The monoisotopic (exact) mass is 234 g/mol. The molecule has 88 valence electrons. The second-order valence-electron chi connectivity index (χ2n) is 3.34. The lowest BCUT2D eigenvalue weighted by Gasteiger charge is -2.15. The smallest absolute Gasteiger partial charge is 0.420 e. The van der Waals surface area contributed by atoms with Crippen LogP contribution in [0.1, 0.15) is 12.0 Å². The molecule has 1 aliphatic rings. The fourth-order valence-electron chi connectivity index (χ4n) is 1.47. The van der Waals surface area contributed by atoms with Crippen LogP contribution in [-0.2, 0) is 6.18 Å². The molecule has 6 heteroatoms. The van der Waals surface area contributed by atoms with Gasteiger partial charge < -0.3 is 14.6 Å². The van der Waals surface area contributed by atoms with Gasteiger partial charge in [0.2, 0.25) is 5.75 Å². The van der Waals surface area contributed by atoms with E-state index in [4.69, 9.17) is 9.47 Å². The molecular formula is C10H9F3O3. The highest BCUT2D eigenvalue weighted by molar-refractivity contribution is 5.56. The number of phenols is 1. The van der Waals surface area contributed by atoms with Crippen LogP contribution in [-0.4, -0.2) is 18.3 Å². The minimum Gasteiger partial charge on any atom is -0.504 e. The molecule has 16 heavy (non-hydrogen) atoms. The number of rotatable bonds is 0. The number of ether oxygens (including phenoxy) is 2. The highest BCUT2D eigenvalue weighted by Gasteiger charge is 2.37. The van der Waals surface area contributed by atoms with E-state index in [0.29, 0.717) is 6.42 Å². The van der Waals surface area contributed by atoms with Crippen molar-refractivity contribution in [3.63, 3.8) is 0 Å². The molecule has 0 atom stereocenters. The van der Waals surface area contributed by atoms with Crippen molar-refractivity contribution in [2.45, 2.75) is 12.6 Å². The van der Waals surface area contributed by atoms with E-state index in [9.17, 15) is 18.3 Å². The maximum absolute atomic E-state index is 12.6. The average Bonchev–Trinajstić information content (AvgIpc) is 2.42. The summed E-state index contributed by atoms with van der Waals surface area (Å²) in [4.78, 5) is 0. The predicted molar refractivity (Wildman–Crippen MR) is 48.7 cm³/mol. The molecule has 0 bridgehead atoms. The standard InChI is InChI=1S/C10H9F3O3/c11-10(12,13)6-2-3-7(14)9-8(6)15-4-1-5-16-9/h2-3,14H,1,4-5H2. The third-order valence-corrected chi connectivity index (χ3v) is 2.18. The van der Waals surface area contributed by atoms with E-state index in [1.807, 2.05) is 0 Å². The third kappa shape index (κ3) is 1.87. The lowest BCUT2D eigenvalue weighted by Crippen LogP contribution is -2.08. The first-order chi connectivity index (χ1) is 7.50. The van der Waals surface area contributed by atoms with E-state index in [1.165, 1.54) is 0 Å². The van der Waals surface area contributed by atoms with Crippen LogP contribution >= 0.6 is 0 Å². The lowest BCUT2D eigenvalue weighted by molar-refractivity contribution is -0.139. The van der Waals surface area contributed by atoms with E-state index in [2.05, 4.69) is 0 Å². The van der Waals surface area contributed by atoms with Gasteiger partial charge in [0.25, 0.3) is 0 Å². The molecule has 1 N–H and O–H groups in total. The van der Waals surface area contributed by atoms with Crippen LogP contribution in [0, 0.1) is 0 Å². The summed E-state index contributed by atoms with van der Waals surface area (Å²) in [6.07, 6.45) is -4.04. The van der Waals surface area contributed by atoms with Crippen molar-refractivity contribution in [2.75, 3.05) is 13.2 Å². The van der Waals surface area contributed by atoms with Crippen LogP contribution in [0.15, 0.2) is 12.1 Å². The topological polar surface area (TPSA) is 38.7 Å². The molecule has 0 aliphatic carbocycles. The first kappa shape index (κ1) is 10.9. The van der Waals surface area contributed by atoms with Crippen molar-refractivity contribution >= 4 is 0 Å². The summed E-state index contributed by atoms with van der Waals surface area (Å²) < 4.78 is 47.9. The van der Waals surface area contributed by atoms with E-state index in [0.717, 1.165) is 12.1 Å². The zero-order chi connectivity index (χ0) is 11.8. The lowest BCUT2D eigenvalue weighted by atomic mass is 10.1. The first-order valence-corrected chi connectivity index (χ1v) is 4.69. The number of benzene rings is 1. The summed E-state index contributed by atoms with van der Waals surface area (Å²) in [5, 5.41) is 9.40. The number of alkyl halides is 3. The average molecular weight is 234 g/mol. The fourth-order valence-corrected chi connectivity index (χ4v) is 1.47. The Labute approximate surface area is 89.4 Å². The minimum atomic E-state index is -4.52. The van der Waals surface area contributed by atoms with Crippen molar-refractivity contribution in [2.24, 2.45) is 0 Å². The van der Waals surface area contributed by atoms with Crippen LogP contribution in [0.3, 0.4) is 0 Å². The van der Waals surface area contributed by atoms with Crippen molar-refractivity contribution in [3.8, 4) is 17.2 Å². The quantitative estimate of drug-likeness (QED) is 0.749. The SMILES string of the molecule is Oc1ccc(C(F)(F)F)c2c1OCCCO2. The Balaban J connectivity index is 2.56. The first-order valence-electron chi connectivity index (χ1n) is 4.69. The molecule has 0 spiro atoms. The maximum atomic E-state index is 12.6. The number of aromatic hydroxyl groups is 1. The molecule has 0 radical (unpaired) electrons. The van der Waals surface area contributed by atoms with Crippen LogP contribution < -0.4 is 9.47 Å². The number of hydrogen-bond acceptors (Lipinski definition) is 3. The molecule has 0 saturated carbocycles. The second-order valence-corrected chi connectivity index (χ2v) is 3.34. The Morgan fingerprint density at radius 2 is 1.69 bits per heavy atom. The molecule has 1 aromatic rings. The summed E-state index contributed by atoms with van der Waals surface area (Å²) in [5.74, 6) is -0.998. The number of hydrogen-bond donors (Lipinski definition) is 1. The molecule has 2 rings (SSSR count). The largest absolute Gasteiger partial charge is 0.504 e. The molecule has 0 amide bonds. The van der Waals surface area contributed by atoms with E-state index < -0.39 is 17.5 Å². The van der Waals surface area contributed by atoms with Gasteiger partial charge in [0.05, 0.1) is 13.2 Å². The summed E-state index contributed by atoms with van der Waals surface area (Å²) in [6, 6.07) is 1.74. The Hall–Kier alpha value is -1.59. The normalized spacial score (nSPS) is 15.7. The molecule has 3 nitrogen and oxygen atoms in total. The Kier molecular flexibility index (Phi) is 2.57. The van der Waals surface area contributed by atoms with Gasteiger partial charge in [-0.2, -0.15) is 13.2 Å². The molecule has 0 saturated heterocycles. The van der Waals surface area contributed by atoms with Gasteiger partial charge in [0.15, 0.2) is 11.5 Å². The minimum absolute atomic E-state index is 0.138. The zero-order valence-electron chi connectivity index (χ0n) is 8.17. The van der Waals surface area contributed by atoms with Crippen molar-refractivity contribution in [1.82, 2.24) is 0 Å². The number of halogens is 3. The van der Waals surface area contributed by atoms with E-state index in [1.54, 1.807) is 0 Å². The molecule has 1 heterocycles. The number of fused-ring (bicyclic) bond motifs is 1. The Morgan fingerprint density at radius 1 is 1.06 bits per heavy atom. The van der Waals surface area contributed by atoms with E-state index >= 15 is 0 Å². The Morgan fingerprint density at radius 3 is 2.31 bits per heavy atom. The zero-order valence-corrected chi connectivity index (χ0v) is 8.17. The third-order valence-electron chi connectivity index (χ3n) is 2.18. The van der Waals surface area contributed by atoms with Crippen molar-refractivity contribution in [3.05, 3.63) is 17.7 Å². The van der Waals surface area contributed by atoms with Gasteiger partial charge in [-0.1, -0.05) is 0 Å². The van der Waals surface area contributed by atoms with Crippen LogP contribution in [0.5, 0.6) is 17.2 Å². The highest BCUT2D eigenvalue weighted by atomic mass is 19.4. The summed E-state index contributed by atoms with van der Waals surface area (Å²) >= 11 is 0. The van der Waals surface area contributed by atoms with Crippen LogP contribution in [0.2, 0.25) is 0 Å². The van der Waals surface area contributed by atoms with Gasteiger partial charge in [-0.05, 0) is 12.1 Å². The van der Waals surface area contributed by atoms with Gasteiger partial charge in [-0.15, -0.1) is 0 Å². The van der Waals surface area contributed by atoms with Gasteiger partial charge in [0.1, 0.15) is 5.56 Å². The summed E-state index contributed by atoms with van der Waals surface area (Å²) in [5.41, 5.74) is -0.929. The van der Waals surface area contributed by atoms with Crippen molar-refractivity contribution < 1.29 is 27.8 Å². The van der Waals surface area contributed by atoms with Crippen molar-refractivity contribution in [1.29, 1.82) is 0 Å². The van der Waals surface area contributed by atoms with E-state index in [-0.39, 0.29) is 24.7 Å². The van der Waals surface area contributed by atoms with Gasteiger partial charge >= 0.3 is 6.18 Å².